The molecule has 0 saturated carbocycles. The molecule has 2 rings (SSSR count). The van der Waals surface area contributed by atoms with Gasteiger partial charge >= 0.3 is 0 Å². The maximum atomic E-state index is 14.0. The van der Waals surface area contributed by atoms with E-state index in [1.165, 1.54) is 6.07 Å². The fourth-order valence-electron chi connectivity index (χ4n) is 4.39. The molecule has 0 aliphatic heterocycles. The van der Waals surface area contributed by atoms with Crippen LogP contribution in [-0.2, 0) is 22.6 Å². The number of aliphatic hydroxyl groups is 1. The number of methoxy groups -OCH3 is 1. The maximum absolute atomic E-state index is 14.0. The Kier molecular flexibility index (Phi) is 13.2. The lowest BCUT2D eigenvalue weighted by Gasteiger charge is -2.29. The van der Waals surface area contributed by atoms with E-state index in [9.17, 15) is 19.1 Å². The van der Waals surface area contributed by atoms with Crippen LogP contribution < -0.4 is 10.5 Å². The van der Waals surface area contributed by atoms with Gasteiger partial charge in [-0.25, -0.2) is 4.39 Å². The third-order valence-electron chi connectivity index (χ3n) is 6.59. The number of nitrogens with zero attached hydrogens (tertiary/aromatic N) is 2. The number of ether oxygens (including phenoxy) is 1. The van der Waals surface area contributed by atoms with Crippen molar-refractivity contribution in [3.63, 3.8) is 0 Å². The molecule has 210 valence electrons. The van der Waals surface area contributed by atoms with Crippen molar-refractivity contribution in [2.75, 3.05) is 26.7 Å². The van der Waals surface area contributed by atoms with Gasteiger partial charge in [0.05, 0.1) is 13.2 Å². The van der Waals surface area contributed by atoms with E-state index >= 15 is 0 Å². The van der Waals surface area contributed by atoms with E-state index in [0.29, 0.717) is 29.7 Å². The molecular formula is C30H44FN3O4. The molecule has 2 amide bonds. The number of hydrogen-bond acceptors (Lipinski definition) is 5. The van der Waals surface area contributed by atoms with Crippen molar-refractivity contribution in [1.82, 2.24) is 9.80 Å². The zero-order chi connectivity index (χ0) is 28.1. The van der Waals surface area contributed by atoms with Gasteiger partial charge in [-0.2, -0.15) is 0 Å². The summed E-state index contributed by atoms with van der Waals surface area (Å²) in [6.07, 6.45) is 1.98. The smallest absolute Gasteiger partial charge is 0.222 e. The van der Waals surface area contributed by atoms with Gasteiger partial charge in [0.25, 0.3) is 0 Å². The summed E-state index contributed by atoms with van der Waals surface area (Å²) in [5.41, 5.74) is 8.36. The molecule has 7 nitrogen and oxygen atoms in total. The van der Waals surface area contributed by atoms with Gasteiger partial charge < -0.3 is 25.4 Å². The number of amides is 2. The summed E-state index contributed by atoms with van der Waals surface area (Å²) < 4.78 is 19.3. The van der Waals surface area contributed by atoms with Crippen LogP contribution in [0.3, 0.4) is 0 Å². The summed E-state index contributed by atoms with van der Waals surface area (Å²) in [6.45, 7) is 7.51. The van der Waals surface area contributed by atoms with Gasteiger partial charge in [0, 0.05) is 45.1 Å². The molecule has 0 unspecified atom stereocenters. The zero-order valence-corrected chi connectivity index (χ0v) is 23.3. The molecule has 0 saturated heterocycles. The maximum Gasteiger partial charge on any atom is 0.222 e. The van der Waals surface area contributed by atoms with Gasteiger partial charge in [0.1, 0.15) is 11.6 Å². The summed E-state index contributed by atoms with van der Waals surface area (Å²) in [5.74, 6) is 0.259. The van der Waals surface area contributed by atoms with Crippen molar-refractivity contribution in [1.29, 1.82) is 0 Å². The van der Waals surface area contributed by atoms with Crippen LogP contribution in [-0.4, -0.2) is 65.6 Å². The molecule has 0 radical (unpaired) electrons. The highest BCUT2D eigenvalue weighted by Crippen LogP contribution is 2.17. The van der Waals surface area contributed by atoms with Gasteiger partial charge in [0.2, 0.25) is 11.8 Å². The van der Waals surface area contributed by atoms with Gasteiger partial charge in [0.15, 0.2) is 0 Å². The molecule has 0 heterocycles. The van der Waals surface area contributed by atoms with Crippen molar-refractivity contribution in [2.24, 2.45) is 5.73 Å². The summed E-state index contributed by atoms with van der Waals surface area (Å²) in [4.78, 5) is 29.3. The number of halogens is 1. The van der Waals surface area contributed by atoms with Crippen LogP contribution in [0.15, 0.2) is 42.5 Å². The van der Waals surface area contributed by atoms with Crippen molar-refractivity contribution in [2.45, 2.75) is 78.0 Å². The Hall–Kier alpha value is -2.97. The average molecular weight is 530 g/mol. The first-order valence-electron chi connectivity index (χ1n) is 13.6. The minimum absolute atomic E-state index is 0.0251. The van der Waals surface area contributed by atoms with Gasteiger partial charge in [-0.05, 0) is 67.5 Å². The molecule has 3 N–H and O–H groups in total. The molecule has 2 aromatic carbocycles. The first kappa shape index (κ1) is 31.2. The highest BCUT2D eigenvalue weighted by molar-refractivity contribution is 5.79. The highest BCUT2D eigenvalue weighted by Gasteiger charge is 2.23. The molecule has 0 aliphatic carbocycles. The SMILES string of the molecule is CCCN(CCC)C(=O)CCCC(=O)N(Cc1cccc(OC)c1)C[C@@H](O)[C@@H](N)Cc1ccc(C)c(F)c1. The fourth-order valence-corrected chi connectivity index (χ4v) is 4.39. The zero-order valence-electron chi connectivity index (χ0n) is 23.3. The topological polar surface area (TPSA) is 96.1 Å². The Balaban J connectivity index is 2.07. The molecular weight excluding hydrogens is 485 g/mol. The van der Waals surface area contributed by atoms with Crippen LogP contribution in [0.4, 0.5) is 4.39 Å². The Bertz CT molecular complexity index is 1030. The minimum atomic E-state index is -1.01. The molecule has 0 aromatic heterocycles. The van der Waals surface area contributed by atoms with Crippen LogP contribution in [0.5, 0.6) is 5.75 Å². The largest absolute Gasteiger partial charge is 0.497 e. The van der Waals surface area contributed by atoms with Crippen molar-refractivity contribution in [3.8, 4) is 5.75 Å². The molecule has 8 heteroatoms. The number of benzene rings is 2. The van der Waals surface area contributed by atoms with Crippen molar-refractivity contribution in [3.05, 3.63) is 65.0 Å². The summed E-state index contributed by atoms with van der Waals surface area (Å²) in [6, 6.07) is 11.6. The van der Waals surface area contributed by atoms with Gasteiger partial charge in [-0.15, -0.1) is 0 Å². The Morgan fingerprint density at radius 2 is 1.66 bits per heavy atom. The van der Waals surface area contributed by atoms with Crippen molar-refractivity contribution < 1.29 is 23.8 Å². The third-order valence-corrected chi connectivity index (χ3v) is 6.59. The van der Waals surface area contributed by atoms with E-state index in [1.54, 1.807) is 31.1 Å². The molecule has 2 atom stereocenters. The molecule has 0 spiro atoms. The van der Waals surface area contributed by atoms with Crippen molar-refractivity contribution >= 4 is 11.8 Å². The summed E-state index contributed by atoms with van der Waals surface area (Å²) in [5, 5.41) is 10.9. The predicted octanol–water partition coefficient (Wildman–Crippen LogP) is 4.22. The number of nitrogens with two attached hydrogens (primary N) is 1. The molecule has 0 bridgehead atoms. The minimum Gasteiger partial charge on any atom is -0.497 e. The molecule has 0 fully saturated rings. The number of aliphatic hydroxyl groups excluding tert-OH is 1. The number of hydrogen-bond donors (Lipinski definition) is 2. The van der Waals surface area contributed by atoms with E-state index < -0.39 is 12.1 Å². The van der Waals surface area contributed by atoms with Crippen LogP contribution in [0.2, 0.25) is 0 Å². The van der Waals surface area contributed by atoms with Gasteiger partial charge in [-0.1, -0.05) is 38.1 Å². The van der Waals surface area contributed by atoms with E-state index in [2.05, 4.69) is 0 Å². The number of rotatable bonds is 16. The molecule has 2 aromatic rings. The van der Waals surface area contributed by atoms with E-state index in [1.807, 2.05) is 43.0 Å². The van der Waals surface area contributed by atoms with Crippen LogP contribution >= 0.6 is 0 Å². The quantitative estimate of drug-likeness (QED) is 0.339. The average Bonchev–Trinajstić information content (AvgIpc) is 2.90. The highest BCUT2D eigenvalue weighted by atomic mass is 19.1. The Morgan fingerprint density at radius 1 is 1.00 bits per heavy atom. The second-order valence-electron chi connectivity index (χ2n) is 9.88. The van der Waals surface area contributed by atoms with Crippen LogP contribution in [0, 0.1) is 12.7 Å². The second-order valence-corrected chi connectivity index (χ2v) is 9.88. The lowest BCUT2D eigenvalue weighted by atomic mass is 10.00. The summed E-state index contributed by atoms with van der Waals surface area (Å²) in [7, 11) is 1.58. The standard InChI is InChI=1S/C30H44FN3O4/c1-5-15-33(16-6-2)29(36)11-8-12-30(37)34(20-24-9-7-10-25(17-24)38-4)21-28(35)27(32)19-23-14-13-22(3)26(31)18-23/h7,9-10,13-14,17-18,27-28,35H,5-6,8,11-12,15-16,19-21,32H2,1-4H3/t27-,28+/m0/s1. The lowest BCUT2D eigenvalue weighted by molar-refractivity contribution is -0.134. The van der Waals surface area contributed by atoms with E-state index in [4.69, 9.17) is 10.5 Å². The van der Waals surface area contributed by atoms with Crippen LogP contribution in [0.25, 0.3) is 0 Å². The first-order chi connectivity index (χ1) is 18.2. The third kappa shape index (κ3) is 10.1. The molecule has 38 heavy (non-hydrogen) atoms. The van der Waals surface area contributed by atoms with Gasteiger partial charge in [-0.3, -0.25) is 9.59 Å². The lowest BCUT2D eigenvalue weighted by Crippen LogP contribution is -2.46. The van der Waals surface area contributed by atoms with Crippen LogP contribution in [0.1, 0.15) is 62.6 Å². The second kappa shape index (κ2) is 16.1. The number of carbonyl (C=O) groups excluding carboxylic acids is 2. The Morgan fingerprint density at radius 3 is 2.26 bits per heavy atom. The monoisotopic (exact) mass is 529 g/mol. The normalized spacial score (nSPS) is 12.6. The summed E-state index contributed by atoms with van der Waals surface area (Å²) >= 11 is 0. The number of aryl methyl sites for hydroxylation is 1. The van der Waals surface area contributed by atoms with E-state index in [0.717, 1.165) is 31.5 Å². The first-order valence-corrected chi connectivity index (χ1v) is 13.6. The fraction of sp³-hybridized carbons (Fsp3) is 0.533. The Labute approximate surface area is 226 Å². The predicted molar refractivity (Wildman–Crippen MR) is 148 cm³/mol. The molecule has 0 aliphatic rings. The number of carbonyl (C=O) groups is 2. The van der Waals surface area contributed by atoms with E-state index in [-0.39, 0.29) is 43.6 Å².